The van der Waals surface area contributed by atoms with Gasteiger partial charge in [0.25, 0.3) is 5.56 Å². The standard InChI is InChI=1S/C20H16Cl3N5O/c1-26(11-18-25-15-5-3-4-6-17(15)27(18)2)16-8-7-12(9-13(16)21)28-20(29)19(23)14(22)10-24-28/h3-10H,11H2,1-2H3. The van der Waals surface area contributed by atoms with Crippen molar-refractivity contribution in [3.05, 3.63) is 79.9 Å². The van der Waals surface area contributed by atoms with Crippen molar-refractivity contribution in [2.75, 3.05) is 11.9 Å². The lowest BCUT2D eigenvalue weighted by Gasteiger charge is -2.21. The number of fused-ring (bicyclic) bond motifs is 1. The van der Waals surface area contributed by atoms with Crippen LogP contribution < -0.4 is 10.5 Å². The predicted molar refractivity (Wildman–Crippen MR) is 118 cm³/mol. The van der Waals surface area contributed by atoms with E-state index in [2.05, 4.69) is 9.67 Å². The van der Waals surface area contributed by atoms with Crippen LogP contribution in [-0.2, 0) is 13.6 Å². The van der Waals surface area contributed by atoms with E-state index in [0.29, 0.717) is 17.3 Å². The van der Waals surface area contributed by atoms with Crippen molar-refractivity contribution in [1.82, 2.24) is 19.3 Å². The van der Waals surface area contributed by atoms with E-state index in [1.807, 2.05) is 49.3 Å². The Bertz CT molecular complexity index is 1280. The van der Waals surface area contributed by atoms with Gasteiger partial charge in [0.1, 0.15) is 10.8 Å². The molecule has 0 atom stereocenters. The second kappa shape index (κ2) is 7.71. The fraction of sp³-hybridized carbons (Fsp3) is 0.150. The topological polar surface area (TPSA) is 56.0 Å². The number of hydrogen-bond acceptors (Lipinski definition) is 4. The molecule has 0 spiro atoms. The van der Waals surface area contributed by atoms with E-state index in [1.54, 1.807) is 12.1 Å². The summed E-state index contributed by atoms with van der Waals surface area (Å²) in [6, 6.07) is 13.2. The van der Waals surface area contributed by atoms with E-state index in [9.17, 15) is 4.79 Å². The molecule has 2 aromatic carbocycles. The third-order valence-corrected chi connectivity index (χ3v) is 5.77. The fourth-order valence-electron chi connectivity index (χ4n) is 3.17. The minimum Gasteiger partial charge on any atom is -0.366 e. The minimum absolute atomic E-state index is 0.0826. The minimum atomic E-state index is -0.504. The molecule has 4 rings (SSSR count). The maximum Gasteiger partial charge on any atom is 0.291 e. The first-order valence-electron chi connectivity index (χ1n) is 8.71. The van der Waals surface area contributed by atoms with E-state index >= 15 is 0 Å². The molecule has 9 heteroatoms. The largest absolute Gasteiger partial charge is 0.366 e. The third kappa shape index (κ3) is 3.59. The Labute approximate surface area is 181 Å². The summed E-state index contributed by atoms with van der Waals surface area (Å²) in [5, 5.41) is 4.53. The molecular formula is C20H16Cl3N5O. The number of para-hydroxylation sites is 2. The molecule has 0 radical (unpaired) electrons. The van der Waals surface area contributed by atoms with Gasteiger partial charge in [-0.05, 0) is 30.3 Å². The number of aryl methyl sites for hydroxylation is 1. The number of benzene rings is 2. The first kappa shape index (κ1) is 19.8. The maximum absolute atomic E-state index is 12.3. The summed E-state index contributed by atoms with van der Waals surface area (Å²) in [4.78, 5) is 19.0. The number of imidazole rings is 1. The smallest absolute Gasteiger partial charge is 0.291 e. The molecular weight excluding hydrogens is 433 g/mol. The predicted octanol–water partition coefficient (Wildman–Crippen LogP) is 4.72. The maximum atomic E-state index is 12.3. The van der Waals surface area contributed by atoms with Gasteiger partial charge in [-0.25, -0.2) is 4.98 Å². The van der Waals surface area contributed by atoms with Crippen LogP contribution in [0, 0.1) is 0 Å². The van der Waals surface area contributed by atoms with Crippen molar-refractivity contribution >= 4 is 51.5 Å². The Morgan fingerprint density at radius 2 is 1.83 bits per heavy atom. The zero-order chi connectivity index (χ0) is 20.7. The Balaban J connectivity index is 1.65. The van der Waals surface area contributed by atoms with Gasteiger partial charge in [0.15, 0.2) is 0 Å². The normalized spacial score (nSPS) is 11.2. The van der Waals surface area contributed by atoms with Gasteiger partial charge in [0.2, 0.25) is 0 Å². The second-order valence-corrected chi connectivity index (χ2v) is 7.78. The van der Waals surface area contributed by atoms with Crippen LogP contribution in [-0.4, -0.2) is 26.4 Å². The molecule has 0 bridgehead atoms. The average Bonchev–Trinajstić information content (AvgIpc) is 3.02. The summed E-state index contributed by atoms with van der Waals surface area (Å²) >= 11 is 18.3. The molecule has 0 N–H and O–H groups in total. The van der Waals surface area contributed by atoms with Crippen LogP contribution >= 0.6 is 34.8 Å². The highest BCUT2D eigenvalue weighted by molar-refractivity contribution is 6.41. The number of anilines is 1. The van der Waals surface area contributed by atoms with E-state index in [-0.39, 0.29) is 10.0 Å². The fourth-order valence-corrected chi connectivity index (χ4v) is 3.74. The molecule has 148 valence electrons. The molecule has 6 nitrogen and oxygen atoms in total. The van der Waals surface area contributed by atoms with Crippen LogP contribution in [0.1, 0.15) is 5.82 Å². The Morgan fingerprint density at radius 1 is 1.07 bits per heavy atom. The van der Waals surface area contributed by atoms with Gasteiger partial charge in [0.05, 0.1) is 45.2 Å². The lowest BCUT2D eigenvalue weighted by molar-refractivity contribution is 0.774. The lowest BCUT2D eigenvalue weighted by Crippen LogP contribution is -2.22. The zero-order valence-electron chi connectivity index (χ0n) is 15.6. The number of hydrogen-bond donors (Lipinski definition) is 0. The number of rotatable bonds is 4. The first-order chi connectivity index (χ1) is 13.9. The van der Waals surface area contributed by atoms with Gasteiger partial charge < -0.3 is 9.47 Å². The van der Waals surface area contributed by atoms with Crippen molar-refractivity contribution in [2.24, 2.45) is 7.05 Å². The van der Waals surface area contributed by atoms with Crippen molar-refractivity contribution in [2.45, 2.75) is 6.54 Å². The van der Waals surface area contributed by atoms with E-state index in [1.165, 1.54) is 6.20 Å². The first-order valence-corrected chi connectivity index (χ1v) is 9.85. The summed E-state index contributed by atoms with van der Waals surface area (Å²) in [5.41, 5.74) is 2.82. The SMILES string of the molecule is CN(Cc1nc2ccccc2n1C)c1ccc(-n2ncc(Cl)c(Cl)c2=O)cc1Cl. The quantitative estimate of drug-likeness (QED) is 0.453. The molecule has 29 heavy (non-hydrogen) atoms. The number of nitrogens with zero attached hydrogens (tertiary/aromatic N) is 5. The molecule has 2 heterocycles. The van der Waals surface area contributed by atoms with Crippen molar-refractivity contribution in [3.8, 4) is 5.69 Å². The van der Waals surface area contributed by atoms with Crippen LogP contribution in [0.2, 0.25) is 15.1 Å². The molecule has 0 fully saturated rings. The number of halogens is 3. The molecule has 0 aliphatic carbocycles. The van der Waals surface area contributed by atoms with Crippen LogP contribution in [0.25, 0.3) is 16.7 Å². The highest BCUT2D eigenvalue weighted by Gasteiger charge is 2.15. The molecule has 0 unspecified atom stereocenters. The van der Waals surface area contributed by atoms with Gasteiger partial charge in [-0.15, -0.1) is 0 Å². The Kier molecular flexibility index (Phi) is 5.25. The lowest BCUT2D eigenvalue weighted by atomic mass is 10.2. The van der Waals surface area contributed by atoms with Crippen molar-refractivity contribution in [1.29, 1.82) is 0 Å². The van der Waals surface area contributed by atoms with Gasteiger partial charge in [-0.3, -0.25) is 4.79 Å². The van der Waals surface area contributed by atoms with Crippen LogP contribution in [0.15, 0.2) is 53.5 Å². The van der Waals surface area contributed by atoms with E-state index < -0.39 is 5.56 Å². The average molecular weight is 449 g/mol. The summed E-state index contributed by atoms with van der Waals surface area (Å²) in [7, 11) is 3.93. The summed E-state index contributed by atoms with van der Waals surface area (Å²) < 4.78 is 3.22. The van der Waals surface area contributed by atoms with Crippen molar-refractivity contribution in [3.63, 3.8) is 0 Å². The van der Waals surface area contributed by atoms with Crippen LogP contribution in [0.5, 0.6) is 0 Å². The molecule has 0 amide bonds. The Hall–Kier alpha value is -2.54. The molecule has 0 aliphatic heterocycles. The summed E-state index contributed by atoms with van der Waals surface area (Å²) in [5.74, 6) is 0.913. The zero-order valence-corrected chi connectivity index (χ0v) is 17.9. The van der Waals surface area contributed by atoms with Crippen LogP contribution in [0.3, 0.4) is 0 Å². The van der Waals surface area contributed by atoms with Gasteiger partial charge in [-0.2, -0.15) is 9.78 Å². The molecule has 0 saturated carbocycles. The molecule has 2 aromatic heterocycles. The van der Waals surface area contributed by atoms with Crippen LogP contribution in [0.4, 0.5) is 5.69 Å². The molecule has 4 aromatic rings. The highest BCUT2D eigenvalue weighted by atomic mass is 35.5. The number of aromatic nitrogens is 4. The monoisotopic (exact) mass is 447 g/mol. The third-order valence-electron chi connectivity index (χ3n) is 4.72. The van der Waals surface area contributed by atoms with Gasteiger partial charge >= 0.3 is 0 Å². The van der Waals surface area contributed by atoms with E-state index in [4.69, 9.17) is 39.8 Å². The summed E-state index contributed by atoms with van der Waals surface area (Å²) in [6.07, 6.45) is 1.32. The highest BCUT2D eigenvalue weighted by Crippen LogP contribution is 2.29. The molecule has 0 aliphatic rings. The Morgan fingerprint density at radius 3 is 2.55 bits per heavy atom. The van der Waals surface area contributed by atoms with Gasteiger partial charge in [-0.1, -0.05) is 46.9 Å². The van der Waals surface area contributed by atoms with Crippen molar-refractivity contribution < 1.29 is 0 Å². The second-order valence-electron chi connectivity index (χ2n) is 6.59. The summed E-state index contributed by atoms with van der Waals surface area (Å²) in [6.45, 7) is 0.565. The van der Waals surface area contributed by atoms with E-state index in [0.717, 1.165) is 27.2 Å². The molecule has 0 saturated heterocycles. The van der Waals surface area contributed by atoms with Gasteiger partial charge in [0, 0.05) is 14.1 Å².